The minimum absolute atomic E-state index is 0.170. The molecule has 1 fully saturated rings. The highest BCUT2D eigenvalue weighted by atomic mass is 16.1. The van der Waals surface area contributed by atoms with Gasteiger partial charge in [0, 0.05) is 25.0 Å². The Balaban J connectivity index is 1.71. The van der Waals surface area contributed by atoms with Crippen LogP contribution in [0.1, 0.15) is 30.0 Å². The quantitative estimate of drug-likeness (QED) is 0.778. The van der Waals surface area contributed by atoms with E-state index in [0.717, 1.165) is 19.4 Å². The smallest absolute Gasteiger partial charge is 0.221 e. The van der Waals surface area contributed by atoms with Crippen molar-refractivity contribution in [3.05, 3.63) is 35.4 Å². The normalized spacial score (nSPS) is 27.9. The lowest BCUT2D eigenvalue weighted by molar-refractivity contribution is -0.119. The van der Waals surface area contributed by atoms with Crippen LogP contribution < -0.4 is 10.6 Å². The van der Waals surface area contributed by atoms with Crippen LogP contribution in [-0.4, -0.2) is 18.5 Å². The monoisotopic (exact) mass is 216 g/mol. The maximum atomic E-state index is 11.1. The van der Waals surface area contributed by atoms with Crippen molar-refractivity contribution in [3.63, 3.8) is 0 Å². The van der Waals surface area contributed by atoms with E-state index in [-0.39, 0.29) is 5.91 Å². The molecule has 0 spiro atoms. The number of amides is 1. The first-order chi connectivity index (χ1) is 7.83. The van der Waals surface area contributed by atoms with E-state index in [1.807, 2.05) is 0 Å². The molecule has 0 saturated carbocycles. The summed E-state index contributed by atoms with van der Waals surface area (Å²) in [6, 6.07) is 9.34. The molecule has 1 saturated heterocycles. The van der Waals surface area contributed by atoms with Crippen LogP contribution in [0.3, 0.4) is 0 Å². The molecule has 1 amide bonds. The number of carbonyl (C=O) groups excluding carboxylic acids is 1. The highest BCUT2D eigenvalue weighted by Crippen LogP contribution is 2.31. The van der Waals surface area contributed by atoms with Gasteiger partial charge in [-0.05, 0) is 24.0 Å². The Labute approximate surface area is 95.2 Å². The fourth-order valence-corrected chi connectivity index (χ4v) is 2.74. The van der Waals surface area contributed by atoms with Gasteiger partial charge in [0.15, 0.2) is 0 Å². The Morgan fingerprint density at radius 2 is 2.19 bits per heavy atom. The standard InChI is InChI=1S/C13H16N2O/c16-13-7-10(8-14-13)15-12-6-5-9-3-1-2-4-11(9)12/h1-4,10,12,15H,5-8H2,(H,14,16). The van der Waals surface area contributed by atoms with Gasteiger partial charge in [0.25, 0.3) is 0 Å². The first-order valence-corrected chi connectivity index (χ1v) is 5.93. The fourth-order valence-electron chi connectivity index (χ4n) is 2.74. The third-order valence-electron chi connectivity index (χ3n) is 3.55. The first kappa shape index (κ1) is 9.85. The van der Waals surface area contributed by atoms with E-state index >= 15 is 0 Å². The Kier molecular flexibility index (Phi) is 2.40. The van der Waals surface area contributed by atoms with Gasteiger partial charge >= 0.3 is 0 Å². The van der Waals surface area contributed by atoms with E-state index < -0.39 is 0 Å². The lowest BCUT2D eigenvalue weighted by Gasteiger charge is -2.18. The molecule has 1 heterocycles. The van der Waals surface area contributed by atoms with Crippen molar-refractivity contribution >= 4 is 5.91 Å². The molecule has 3 heteroatoms. The SMILES string of the molecule is O=C1CC(NC2CCc3ccccc32)CN1. The van der Waals surface area contributed by atoms with Gasteiger partial charge < -0.3 is 10.6 Å². The van der Waals surface area contributed by atoms with Crippen LogP contribution in [-0.2, 0) is 11.2 Å². The summed E-state index contributed by atoms with van der Waals surface area (Å²) in [5.41, 5.74) is 2.87. The number of fused-ring (bicyclic) bond motifs is 1. The maximum absolute atomic E-state index is 11.1. The summed E-state index contributed by atoms with van der Waals surface area (Å²) in [4.78, 5) is 11.1. The largest absolute Gasteiger partial charge is 0.354 e. The van der Waals surface area contributed by atoms with Crippen molar-refractivity contribution in [2.24, 2.45) is 0 Å². The summed E-state index contributed by atoms with van der Waals surface area (Å²) < 4.78 is 0. The highest BCUT2D eigenvalue weighted by Gasteiger charge is 2.27. The third kappa shape index (κ3) is 1.71. The van der Waals surface area contributed by atoms with Gasteiger partial charge in [0.1, 0.15) is 0 Å². The molecule has 2 atom stereocenters. The second-order valence-corrected chi connectivity index (χ2v) is 4.66. The average Bonchev–Trinajstić information content (AvgIpc) is 2.87. The number of hydrogen-bond acceptors (Lipinski definition) is 2. The van der Waals surface area contributed by atoms with E-state index in [9.17, 15) is 4.79 Å². The summed E-state index contributed by atoms with van der Waals surface area (Å²) in [7, 11) is 0. The summed E-state index contributed by atoms with van der Waals surface area (Å²) >= 11 is 0. The minimum Gasteiger partial charge on any atom is -0.354 e. The summed E-state index contributed by atoms with van der Waals surface area (Å²) in [6.45, 7) is 0.775. The van der Waals surface area contributed by atoms with Crippen molar-refractivity contribution in [1.82, 2.24) is 10.6 Å². The lowest BCUT2D eigenvalue weighted by Crippen LogP contribution is -2.33. The van der Waals surface area contributed by atoms with Crippen molar-refractivity contribution in [3.8, 4) is 0 Å². The summed E-state index contributed by atoms with van der Waals surface area (Å²) in [5.74, 6) is 0.170. The minimum atomic E-state index is 0.170. The van der Waals surface area contributed by atoms with E-state index in [1.165, 1.54) is 11.1 Å². The van der Waals surface area contributed by atoms with Crippen LogP contribution in [0, 0.1) is 0 Å². The van der Waals surface area contributed by atoms with Crippen molar-refractivity contribution in [1.29, 1.82) is 0 Å². The molecule has 3 rings (SSSR count). The van der Waals surface area contributed by atoms with Gasteiger partial charge in [-0.1, -0.05) is 24.3 Å². The molecule has 3 nitrogen and oxygen atoms in total. The molecular weight excluding hydrogens is 200 g/mol. The number of hydrogen-bond donors (Lipinski definition) is 2. The molecule has 0 radical (unpaired) electrons. The molecule has 0 aromatic heterocycles. The van der Waals surface area contributed by atoms with Crippen molar-refractivity contribution in [2.45, 2.75) is 31.3 Å². The van der Waals surface area contributed by atoms with E-state index in [2.05, 4.69) is 34.9 Å². The van der Waals surface area contributed by atoms with Crippen LogP contribution in [0.4, 0.5) is 0 Å². The maximum Gasteiger partial charge on any atom is 0.221 e. The molecule has 2 unspecified atom stereocenters. The molecule has 1 aromatic rings. The summed E-state index contributed by atoms with van der Waals surface area (Å²) in [6.07, 6.45) is 2.94. The second-order valence-electron chi connectivity index (χ2n) is 4.66. The zero-order valence-corrected chi connectivity index (χ0v) is 9.20. The number of aryl methyl sites for hydroxylation is 1. The van der Waals surface area contributed by atoms with E-state index in [4.69, 9.17) is 0 Å². The van der Waals surface area contributed by atoms with Crippen molar-refractivity contribution < 1.29 is 4.79 Å². The number of benzene rings is 1. The highest BCUT2D eigenvalue weighted by molar-refractivity contribution is 5.78. The topological polar surface area (TPSA) is 41.1 Å². The molecular formula is C13H16N2O. The van der Waals surface area contributed by atoms with Crippen LogP contribution in [0.25, 0.3) is 0 Å². The van der Waals surface area contributed by atoms with Crippen LogP contribution in [0.15, 0.2) is 24.3 Å². The van der Waals surface area contributed by atoms with Crippen LogP contribution in [0.5, 0.6) is 0 Å². The molecule has 16 heavy (non-hydrogen) atoms. The van der Waals surface area contributed by atoms with Gasteiger partial charge in [0.05, 0.1) is 0 Å². The molecule has 2 aliphatic rings. The molecule has 0 bridgehead atoms. The Hall–Kier alpha value is -1.35. The predicted molar refractivity (Wildman–Crippen MR) is 62.1 cm³/mol. The average molecular weight is 216 g/mol. The van der Waals surface area contributed by atoms with E-state index in [1.54, 1.807) is 0 Å². The number of carbonyl (C=O) groups is 1. The van der Waals surface area contributed by atoms with Gasteiger partial charge in [-0.25, -0.2) is 0 Å². The number of nitrogens with one attached hydrogen (secondary N) is 2. The summed E-state index contributed by atoms with van der Waals surface area (Å²) in [5, 5.41) is 6.45. The van der Waals surface area contributed by atoms with Gasteiger partial charge in [-0.2, -0.15) is 0 Å². The zero-order chi connectivity index (χ0) is 11.0. The molecule has 1 aliphatic carbocycles. The van der Waals surface area contributed by atoms with E-state index in [0.29, 0.717) is 18.5 Å². The van der Waals surface area contributed by atoms with Crippen LogP contribution >= 0.6 is 0 Å². The Bertz CT molecular complexity index is 416. The predicted octanol–water partition coefficient (Wildman–Crippen LogP) is 1.15. The van der Waals surface area contributed by atoms with Gasteiger partial charge in [-0.3, -0.25) is 4.79 Å². The molecule has 1 aliphatic heterocycles. The third-order valence-corrected chi connectivity index (χ3v) is 3.55. The van der Waals surface area contributed by atoms with Gasteiger partial charge in [-0.15, -0.1) is 0 Å². The molecule has 2 N–H and O–H groups in total. The number of rotatable bonds is 2. The fraction of sp³-hybridized carbons (Fsp3) is 0.462. The molecule has 84 valence electrons. The van der Waals surface area contributed by atoms with Crippen LogP contribution in [0.2, 0.25) is 0 Å². The molecule has 1 aromatic carbocycles. The Morgan fingerprint density at radius 3 is 3.00 bits per heavy atom. The lowest BCUT2D eigenvalue weighted by atomic mass is 10.1. The zero-order valence-electron chi connectivity index (χ0n) is 9.20. The first-order valence-electron chi connectivity index (χ1n) is 5.93. The Morgan fingerprint density at radius 1 is 1.31 bits per heavy atom. The van der Waals surface area contributed by atoms with Crippen molar-refractivity contribution in [2.75, 3.05) is 6.54 Å². The van der Waals surface area contributed by atoms with Gasteiger partial charge in [0.2, 0.25) is 5.91 Å². The second kappa shape index (κ2) is 3.91.